The Balaban J connectivity index is 1.85. The summed E-state index contributed by atoms with van der Waals surface area (Å²) in [6.45, 7) is -0.252. The number of esters is 1. The Morgan fingerprint density at radius 2 is 1.74 bits per heavy atom. The molecule has 138 valence electrons. The molecule has 0 amide bonds. The van der Waals surface area contributed by atoms with Crippen LogP contribution in [0.25, 0.3) is 6.08 Å². The summed E-state index contributed by atoms with van der Waals surface area (Å²) in [5.41, 5.74) is 0.283. The number of benzene rings is 2. The number of carboxylic acid groups (broad SMARTS) is 1. The molecule has 0 bridgehead atoms. The van der Waals surface area contributed by atoms with Crippen LogP contribution < -0.4 is 4.74 Å². The lowest BCUT2D eigenvalue weighted by molar-refractivity contribution is -0.132. The van der Waals surface area contributed by atoms with Gasteiger partial charge in [0.2, 0.25) is 0 Å². The lowest BCUT2D eigenvalue weighted by atomic mass is 10.1. The molecule has 27 heavy (non-hydrogen) atoms. The van der Waals surface area contributed by atoms with E-state index in [-0.39, 0.29) is 18.8 Å². The van der Waals surface area contributed by atoms with Gasteiger partial charge in [-0.2, -0.15) is 5.26 Å². The van der Waals surface area contributed by atoms with Crippen molar-refractivity contribution in [2.45, 2.75) is 6.10 Å². The Hall–Kier alpha value is -3.63. The predicted molar refractivity (Wildman–Crippen MR) is 95.9 cm³/mol. The molecular formula is C20H17NO6. The van der Waals surface area contributed by atoms with E-state index in [0.29, 0.717) is 11.3 Å². The quantitative estimate of drug-likeness (QED) is 0.417. The van der Waals surface area contributed by atoms with Crippen LogP contribution in [0.4, 0.5) is 0 Å². The second-order valence-electron chi connectivity index (χ2n) is 5.47. The number of hydrogen-bond acceptors (Lipinski definition) is 6. The minimum absolute atomic E-state index is 0.0207. The Morgan fingerprint density at radius 3 is 2.33 bits per heavy atom. The second-order valence-corrected chi connectivity index (χ2v) is 5.47. The number of aliphatic carboxylic acids is 1. The summed E-state index contributed by atoms with van der Waals surface area (Å²) in [6, 6.07) is 16.4. The Labute approximate surface area is 155 Å². The van der Waals surface area contributed by atoms with Crippen LogP contribution in [0.2, 0.25) is 0 Å². The van der Waals surface area contributed by atoms with Gasteiger partial charge in [0.25, 0.3) is 0 Å². The first-order valence-corrected chi connectivity index (χ1v) is 7.98. The van der Waals surface area contributed by atoms with E-state index in [9.17, 15) is 14.7 Å². The maximum atomic E-state index is 12.0. The SMILES string of the molecule is N#C/C(=C/c1ccc(C(=O)OCC(O)COc2ccccc2)cc1)C(=O)O. The van der Waals surface area contributed by atoms with Gasteiger partial charge in [-0.25, -0.2) is 9.59 Å². The minimum atomic E-state index is -1.33. The summed E-state index contributed by atoms with van der Waals surface area (Å²) in [6.07, 6.45) is 0.215. The average molecular weight is 367 g/mol. The molecule has 2 rings (SSSR count). The van der Waals surface area contributed by atoms with Gasteiger partial charge in [-0.3, -0.25) is 0 Å². The zero-order valence-electron chi connectivity index (χ0n) is 14.2. The Morgan fingerprint density at radius 1 is 1.07 bits per heavy atom. The molecule has 2 aromatic carbocycles. The number of carboxylic acids is 1. The fourth-order valence-corrected chi connectivity index (χ4v) is 2.04. The van der Waals surface area contributed by atoms with Gasteiger partial charge in [0.15, 0.2) is 0 Å². The van der Waals surface area contributed by atoms with E-state index in [4.69, 9.17) is 19.8 Å². The van der Waals surface area contributed by atoms with Gasteiger partial charge in [0.05, 0.1) is 5.56 Å². The summed E-state index contributed by atoms with van der Waals surface area (Å²) >= 11 is 0. The van der Waals surface area contributed by atoms with E-state index in [1.165, 1.54) is 30.3 Å². The van der Waals surface area contributed by atoms with Crippen molar-refractivity contribution in [1.29, 1.82) is 5.26 Å². The summed E-state index contributed by atoms with van der Waals surface area (Å²) in [4.78, 5) is 22.8. The van der Waals surface area contributed by atoms with Crippen molar-refractivity contribution in [3.05, 3.63) is 71.3 Å². The summed E-state index contributed by atoms with van der Waals surface area (Å²) in [7, 11) is 0. The molecule has 0 saturated heterocycles. The highest BCUT2D eigenvalue weighted by Crippen LogP contribution is 2.11. The van der Waals surface area contributed by atoms with Crippen LogP contribution >= 0.6 is 0 Å². The van der Waals surface area contributed by atoms with E-state index in [0.717, 1.165) is 0 Å². The number of carbonyl (C=O) groups excluding carboxylic acids is 1. The van der Waals surface area contributed by atoms with Crippen molar-refractivity contribution in [2.24, 2.45) is 0 Å². The number of para-hydroxylation sites is 1. The standard InChI is InChI=1S/C20H17NO6/c21-11-16(19(23)24)10-14-6-8-15(9-7-14)20(25)27-13-17(22)12-26-18-4-2-1-3-5-18/h1-10,17,22H,12-13H2,(H,23,24)/b16-10-. The Bertz CT molecular complexity index is 852. The van der Waals surface area contributed by atoms with E-state index in [1.807, 2.05) is 6.07 Å². The van der Waals surface area contributed by atoms with Crippen LogP contribution in [-0.4, -0.2) is 41.5 Å². The largest absolute Gasteiger partial charge is 0.491 e. The molecule has 0 saturated carbocycles. The second kappa shape index (κ2) is 9.75. The minimum Gasteiger partial charge on any atom is -0.491 e. The van der Waals surface area contributed by atoms with Crippen molar-refractivity contribution in [1.82, 2.24) is 0 Å². The first kappa shape index (κ1) is 19.7. The zero-order chi connectivity index (χ0) is 19.6. The molecule has 0 aliphatic rings. The number of ether oxygens (including phenoxy) is 2. The van der Waals surface area contributed by atoms with E-state index < -0.39 is 23.6 Å². The molecule has 0 aliphatic heterocycles. The molecule has 1 unspecified atom stereocenters. The summed E-state index contributed by atoms with van der Waals surface area (Å²) < 4.78 is 10.4. The van der Waals surface area contributed by atoms with Crippen LogP contribution in [0.15, 0.2) is 60.2 Å². The van der Waals surface area contributed by atoms with E-state index >= 15 is 0 Å². The number of hydrogen-bond donors (Lipinski definition) is 2. The molecule has 2 aromatic rings. The lowest BCUT2D eigenvalue weighted by Crippen LogP contribution is -2.25. The van der Waals surface area contributed by atoms with Crippen molar-refractivity contribution in [3.63, 3.8) is 0 Å². The highest BCUT2D eigenvalue weighted by Gasteiger charge is 2.12. The van der Waals surface area contributed by atoms with Crippen molar-refractivity contribution >= 4 is 18.0 Å². The summed E-state index contributed by atoms with van der Waals surface area (Å²) in [5.74, 6) is -1.36. The fourth-order valence-electron chi connectivity index (χ4n) is 2.04. The van der Waals surface area contributed by atoms with Crippen molar-refractivity contribution < 1.29 is 29.3 Å². The maximum Gasteiger partial charge on any atom is 0.346 e. The van der Waals surface area contributed by atoms with Crippen LogP contribution in [-0.2, 0) is 9.53 Å². The summed E-state index contributed by atoms with van der Waals surface area (Å²) in [5, 5.41) is 27.4. The zero-order valence-corrected chi connectivity index (χ0v) is 14.2. The molecule has 0 fully saturated rings. The third-order valence-corrected chi connectivity index (χ3v) is 3.40. The van der Waals surface area contributed by atoms with Crippen LogP contribution in [0, 0.1) is 11.3 Å². The molecule has 0 aliphatic carbocycles. The third kappa shape index (κ3) is 6.30. The molecule has 7 nitrogen and oxygen atoms in total. The molecule has 0 heterocycles. The molecule has 7 heteroatoms. The van der Waals surface area contributed by atoms with Gasteiger partial charge in [-0.1, -0.05) is 30.3 Å². The number of carbonyl (C=O) groups is 2. The van der Waals surface area contributed by atoms with Gasteiger partial charge in [-0.05, 0) is 35.9 Å². The molecule has 1 atom stereocenters. The van der Waals surface area contributed by atoms with Crippen LogP contribution in [0.3, 0.4) is 0 Å². The van der Waals surface area contributed by atoms with E-state index in [1.54, 1.807) is 30.3 Å². The number of nitrogens with zero attached hydrogens (tertiary/aromatic N) is 1. The number of rotatable bonds is 8. The predicted octanol–water partition coefficient (Wildman–Crippen LogP) is 2.27. The molecule has 0 spiro atoms. The molecule has 2 N–H and O–H groups in total. The number of nitriles is 1. The molecule has 0 aromatic heterocycles. The smallest absolute Gasteiger partial charge is 0.346 e. The highest BCUT2D eigenvalue weighted by molar-refractivity contribution is 5.96. The van der Waals surface area contributed by atoms with Gasteiger partial charge >= 0.3 is 11.9 Å². The fraction of sp³-hybridized carbons (Fsp3) is 0.150. The maximum absolute atomic E-state index is 12.0. The van der Waals surface area contributed by atoms with E-state index in [2.05, 4.69) is 0 Å². The van der Waals surface area contributed by atoms with Crippen molar-refractivity contribution in [2.75, 3.05) is 13.2 Å². The first-order chi connectivity index (χ1) is 13.0. The molecular weight excluding hydrogens is 350 g/mol. The lowest BCUT2D eigenvalue weighted by Gasteiger charge is -2.13. The monoisotopic (exact) mass is 367 g/mol. The number of aliphatic hydroxyl groups excluding tert-OH is 1. The van der Waals surface area contributed by atoms with Crippen molar-refractivity contribution in [3.8, 4) is 11.8 Å². The van der Waals surface area contributed by atoms with Crippen LogP contribution in [0.1, 0.15) is 15.9 Å². The molecule has 0 radical (unpaired) electrons. The Kier molecular flexibility index (Phi) is 7.11. The van der Waals surface area contributed by atoms with Gasteiger partial charge in [0, 0.05) is 0 Å². The first-order valence-electron chi connectivity index (χ1n) is 7.98. The van der Waals surface area contributed by atoms with Gasteiger partial charge in [0.1, 0.15) is 36.7 Å². The number of aliphatic hydroxyl groups is 1. The van der Waals surface area contributed by atoms with Gasteiger partial charge in [-0.15, -0.1) is 0 Å². The third-order valence-electron chi connectivity index (χ3n) is 3.40. The van der Waals surface area contributed by atoms with Crippen LogP contribution in [0.5, 0.6) is 5.75 Å². The topological polar surface area (TPSA) is 117 Å². The average Bonchev–Trinajstić information content (AvgIpc) is 2.69. The highest BCUT2D eigenvalue weighted by atomic mass is 16.5. The van der Waals surface area contributed by atoms with Gasteiger partial charge < -0.3 is 19.7 Å². The normalized spacial score (nSPS) is 11.9.